The molecule has 0 saturated carbocycles. The summed E-state index contributed by atoms with van der Waals surface area (Å²) in [6, 6.07) is 4.63. The molecule has 0 N–H and O–H groups in total. The third-order valence-electron chi connectivity index (χ3n) is 4.89. The monoisotopic (exact) mass is 385 g/mol. The number of carbonyl (C=O) groups excluding carboxylic acids is 1. The maximum Gasteiger partial charge on any atom is 0.293 e. The van der Waals surface area contributed by atoms with Gasteiger partial charge in [0.2, 0.25) is 0 Å². The molecular weight excluding hydrogens is 368 g/mol. The minimum absolute atomic E-state index is 0.165. The molecule has 28 heavy (non-hydrogen) atoms. The highest BCUT2D eigenvalue weighted by atomic mass is 19.1. The van der Waals surface area contributed by atoms with Crippen LogP contribution < -0.4 is 10.5 Å². The molecule has 0 radical (unpaired) electrons. The van der Waals surface area contributed by atoms with Crippen molar-refractivity contribution in [3.63, 3.8) is 0 Å². The molecule has 3 heterocycles. The first-order chi connectivity index (χ1) is 13.5. The van der Waals surface area contributed by atoms with E-state index in [-0.39, 0.29) is 11.1 Å². The molecule has 0 spiro atoms. The van der Waals surface area contributed by atoms with Crippen molar-refractivity contribution in [3.05, 3.63) is 64.2 Å². The lowest BCUT2D eigenvalue weighted by atomic mass is 10.1. The van der Waals surface area contributed by atoms with Crippen molar-refractivity contribution in [2.45, 2.75) is 0 Å². The van der Waals surface area contributed by atoms with Gasteiger partial charge in [0.05, 0.1) is 22.8 Å². The van der Waals surface area contributed by atoms with Crippen LogP contribution in [0.2, 0.25) is 0 Å². The maximum atomic E-state index is 13.9. The van der Waals surface area contributed by atoms with E-state index in [2.05, 4.69) is 9.97 Å². The van der Waals surface area contributed by atoms with Crippen LogP contribution in [0.3, 0.4) is 0 Å². The zero-order valence-corrected chi connectivity index (χ0v) is 15.1. The number of hydrogen-bond acceptors (Lipinski definition) is 5. The van der Waals surface area contributed by atoms with Crippen molar-refractivity contribution in [3.8, 4) is 0 Å². The molecule has 3 aromatic rings. The Morgan fingerprint density at radius 3 is 2.57 bits per heavy atom. The van der Waals surface area contributed by atoms with Crippen molar-refractivity contribution in [2.75, 3.05) is 31.1 Å². The molecule has 0 unspecified atom stereocenters. The number of amides is 1. The van der Waals surface area contributed by atoms with Gasteiger partial charge in [-0.25, -0.2) is 13.8 Å². The van der Waals surface area contributed by atoms with E-state index in [0.717, 1.165) is 12.1 Å². The first-order valence-corrected chi connectivity index (χ1v) is 8.76. The summed E-state index contributed by atoms with van der Waals surface area (Å²) >= 11 is 0. The molecule has 0 aliphatic carbocycles. The summed E-state index contributed by atoms with van der Waals surface area (Å²) in [5.41, 5.74) is 0.878. The molecule has 1 aliphatic rings. The first kappa shape index (κ1) is 18.0. The Kier molecular flexibility index (Phi) is 4.50. The second-order valence-electron chi connectivity index (χ2n) is 6.57. The van der Waals surface area contributed by atoms with Crippen molar-refractivity contribution in [2.24, 2.45) is 7.05 Å². The molecule has 4 rings (SSSR count). The van der Waals surface area contributed by atoms with Gasteiger partial charge in [0, 0.05) is 45.5 Å². The Bertz CT molecular complexity index is 1120. The Morgan fingerprint density at radius 1 is 1.11 bits per heavy atom. The molecule has 9 heteroatoms. The molecule has 1 aromatic carbocycles. The van der Waals surface area contributed by atoms with E-state index in [0.29, 0.717) is 49.1 Å². The third kappa shape index (κ3) is 3.08. The average molecular weight is 385 g/mol. The number of benzene rings is 1. The van der Waals surface area contributed by atoms with Gasteiger partial charge in [-0.05, 0) is 18.2 Å². The van der Waals surface area contributed by atoms with Crippen LogP contribution >= 0.6 is 0 Å². The normalized spacial score (nSPS) is 14.5. The highest BCUT2D eigenvalue weighted by Crippen LogP contribution is 2.17. The molecule has 0 bridgehead atoms. The average Bonchev–Trinajstić information content (AvgIpc) is 2.70. The zero-order valence-electron chi connectivity index (χ0n) is 15.1. The number of carbonyl (C=O) groups is 1. The van der Waals surface area contributed by atoms with E-state index in [9.17, 15) is 18.4 Å². The second kappa shape index (κ2) is 6.99. The van der Waals surface area contributed by atoms with E-state index in [4.69, 9.17) is 0 Å². The SMILES string of the molecule is Cn1c(=O)c(N2CCN(C(=O)c3ccc(F)cc3F)CC2)nc2ccncc21. The summed E-state index contributed by atoms with van der Waals surface area (Å²) in [5, 5.41) is 0. The minimum Gasteiger partial charge on any atom is -0.348 e. The third-order valence-corrected chi connectivity index (χ3v) is 4.89. The van der Waals surface area contributed by atoms with Gasteiger partial charge in [0.1, 0.15) is 11.6 Å². The van der Waals surface area contributed by atoms with Gasteiger partial charge in [0.15, 0.2) is 5.82 Å². The molecule has 2 aromatic heterocycles. The van der Waals surface area contributed by atoms with Crippen molar-refractivity contribution in [1.82, 2.24) is 19.4 Å². The van der Waals surface area contributed by atoms with Crippen molar-refractivity contribution < 1.29 is 13.6 Å². The molecule has 0 atom stereocenters. The topological polar surface area (TPSA) is 71.3 Å². The Morgan fingerprint density at radius 2 is 1.86 bits per heavy atom. The number of halogens is 2. The van der Waals surface area contributed by atoms with Crippen LogP contribution in [0, 0.1) is 11.6 Å². The number of anilines is 1. The van der Waals surface area contributed by atoms with Crippen LogP contribution in [-0.4, -0.2) is 51.5 Å². The summed E-state index contributed by atoms with van der Waals surface area (Å²) in [6.07, 6.45) is 3.19. The van der Waals surface area contributed by atoms with Gasteiger partial charge in [-0.15, -0.1) is 0 Å². The summed E-state index contributed by atoms with van der Waals surface area (Å²) in [6.45, 7) is 1.37. The number of nitrogens with zero attached hydrogens (tertiary/aromatic N) is 5. The fraction of sp³-hybridized carbons (Fsp3) is 0.263. The van der Waals surface area contributed by atoms with E-state index in [1.165, 1.54) is 9.47 Å². The number of fused-ring (bicyclic) bond motifs is 1. The van der Waals surface area contributed by atoms with Crippen LogP contribution in [0.5, 0.6) is 0 Å². The van der Waals surface area contributed by atoms with Crippen LogP contribution in [-0.2, 0) is 7.05 Å². The van der Waals surface area contributed by atoms with Gasteiger partial charge in [-0.3, -0.25) is 14.6 Å². The minimum atomic E-state index is -0.883. The molecular formula is C19H17F2N5O2. The lowest BCUT2D eigenvalue weighted by Crippen LogP contribution is -2.50. The second-order valence-corrected chi connectivity index (χ2v) is 6.57. The molecule has 1 fully saturated rings. The maximum absolute atomic E-state index is 13.9. The Labute approximate surface area is 158 Å². The summed E-state index contributed by atoms with van der Waals surface area (Å²) < 4.78 is 28.4. The highest BCUT2D eigenvalue weighted by Gasteiger charge is 2.26. The van der Waals surface area contributed by atoms with Crippen LogP contribution in [0.25, 0.3) is 11.0 Å². The number of aryl methyl sites for hydroxylation is 1. The number of pyridine rings is 1. The molecule has 1 aliphatic heterocycles. The summed E-state index contributed by atoms with van der Waals surface area (Å²) in [4.78, 5) is 37.0. The lowest BCUT2D eigenvalue weighted by molar-refractivity contribution is 0.0741. The van der Waals surface area contributed by atoms with E-state index >= 15 is 0 Å². The largest absolute Gasteiger partial charge is 0.348 e. The molecule has 1 saturated heterocycles. The van der Waals surface area contributed by atoms with E-state index < -0.39 is 17.5 Å². The zero-order chi connectivity index (χ0) is 19.8. The summed E-state index contributed by atoms with van der Waals surface area (Å²) in [7, 11) is 1.66. The van der Waals surface area contributed by atoms with Crippen LogP contribution in [0.4, 0.5) is 14.6 Å². The number of piperazine rings is 1. The van der Waals surface area contributed by atoms with Gasteiger partial charge >= 0.3 is 0 Å². The van der Waals surface area contributed by atoms with Gasteiger partial charge < -0.3 is 14.4 Å². The number of rotatable bonds is 2. The number of hydrogen-bond donors (Lipinski definition) is 0. The van der Waals surface area contributed by atoms with Gasteiger partial charge in [-0.1, -0.05) is 0 Å². The highest BCUT2D eigenvalue weighted by molar-refractivity contribution is 5.94. The Hall–Kier alpha value is -3.36. The van der Waals surface area contributed by atoms with Crippen LogP contribution in [0.15, 0.2) is 41.5 Å². The lowest BCUT2D eigenvalue weighted by Gasteiger charge is -2.35. The fourth-order valence-corrected chi connectivity index (χ4v) is 3.31. The van der Waals surface area contributed by atoms with Crippen molar-refractivity contribution in [1.29, 1.82) is 0 Å². The fourth-order valence-electron chi connectivity index (χ4n) is 3.31. The van der Waals surface area contributed by atoms with Crippen LogP contribution in [0.1, 0.15) is 10.4 Å². The summed E-state index contributed by atoms with van der Waals surface area (Å²) in [5.74, 6) is -1.80. The predicted octanol–water partition coefficient (Wildman–Crippen LogP) is 1.57. The predicted molar refractivity (Wildman–Crippen MR) is 99.3 cm³/mol. The quantitative estimate of drug-likeness (QED) is 0.670. The van der Waals surface area contributed by atoms with E-state index in [1.807, 2.05) is 4.90 Å². The van der Waals surface area contributed by atoms with Crippen molar-refractivity contribution >= 4 is 22.8 Å². The molecule has 144 valence electrons. The van der Waals surface area contributed by atoms with E-state index in [1.54, 1.807) is 25.5 Å². The molecule has 1 amide bonds. The smallest absolute Gasteiger partial charge is 0.293 e. The van der Waals surface area contributed by atoms with Gasteiger partial charge in [-0.2, -0.15) is 0 Å². The Balaban J connectivity index is 1.55. The van der Waals surface area contributed by atoms with Gasteiger partial charge in [0.25, 0.3) is 11.5 Å². The number of aromatic nitrogens is 3. The standard InChI is InChI=1S/C19H17F2N5O2/c1-24-16-11-22-5-4-15(16)23-17(19(24)28)25-6-8-26(9-7-25)18(27)13-3-2-12(20)10-14(13)21/h2-5,10-11H,6-9H2,1H3. The molecule has 7 nitrogen and oxygen atoms in total. The first-order valence-electron chi connectivity index (χ1n) is 8.76.